The SMILES string of the molecule is COC1CCN(Cc2ccc(-n3nc(C(=O)N4CCOCC4)c4c3-c3ccccc3SC4)cc2)CC1. The van der Waals surface area contributed by atoms with Gasteiger partial charge in [-0.1, -0.05) is 30.3 Å². The van der Waals surface area contributed by atoms with Crippen molar-refractivity contribution in [3.8, 4) is 16.9 Å². The van der Waals surface area contributed by atoms with Crippen LogP contribution in [0.15, 0.2) is 53.4 Å². The summed E-state index contributed by atoms with van der Waals surface area (Å²) in [6, 6.07) is 17.1. The van der Waals surface area contributed by atoms with Crippen molar-refractivity contribution in [1.29, 1.82) is 0 Å². The molecule has 0 bridgehead atoms. The molecule has 8 heteroatoms. The van der Waals surface area contributed by atoms with Gasteiger partial charge in [0.15, 0.2) is 5.69 Å². The first-order valence-corrected chi connectivity index (χ1v) is 13.8. The Bertz CT molecular complexity index is 1230. The Kier molecular flexibility index (Phi) is 6.84. The monoisotopic (exact) mass is 504 g/mol. The predicted octanol–water partition coefficient (Wildman–Crippen LogP) is 4.23. The number of ether oxygens (including phenoxy) is 2. The molecule has 6 rings (SSSR count). The number of amides is 1. The molecule has 0 aliphatic carbocycles. The molecule has 36 heavy (non-hydrogen) atoms. The number of rotatable bonds is 5. The van der Waals surface area contributed by atoms with E-state index in [1.165, 1.54) is 10.5 Å². The molecule has 188 valence electrons. The Morgan fingerprint density at radius 2 is 1.81 bits per heavy atom. The first-order valence-electron chi connectivity index (χ1n) is 12.8. The number of thioether (sulfide) groups is 1. The quantitative estimate of drug-likeness (QED) is 0.518. The van der Waals surface area contributed by atoms with Gasteiger partial charge >= 0.3 is 0 Å². The Morgan fingerprint density at radius 1 is 1.06 bits per heavy atom. The third kappa shape index (κ3) is 4.59. The molecule has 2 aromatic carbocycles. The van der Waals surface area contributed by atoms with Gasteiger partial charge in [-0.25, -0.2) is 4.68 Å². The summed E-state index contributed by atoms with van der Waals surface area (Å²) in [7, 11) is 1.81. The second-order valence-electron chi connectivity index (χ2n) is 9.65. The molecular weight excluding hydrogens is 472 g/mol. The third-order valence-electron chi connectivity index (χ3n) is 7.45. The summed E-state index contributed by atoms with van der Waals surface area (Å²) >= 11 is 1.78. The fourth-order valence-electron chi connectivity index (χ4n) is 5.38. The van der Waals surface area contributed by atoms with E-state index >= 15 is 0 Å². The lowest BCUT2D eigenvalue weighted by Gasteiger charge is -2.31. The standard InChI is InChI=1S/C28H32N4O3S/c1-34-22-10-12-30(13-11-22)18-20-6-8-21(9-7-20)32-27-23-4-2-3-5-25(23)36-19-24(27)26(29-32)28(33)31-14-16-35-17-15-31/h2-9,22H,10-19H2,1H3. The maximum absolute atomic E-state index is 13.5. The number of likely N-dealkylation sites (tertiary alicyclic amines) is 1. The van der Waals surface area contributed by atoms with Crippen molar-refractivity contribution in [2.45, 2.75) is 36.1 Å². The number of fused-ring (bicyclic) bond motifs is 3. The molecule has 0 spiro atoms. The summed E-state index contributed by atoms with van der Waals surface area (Å²) in [5.74, 6) is 0.747. The van der Waals surface area contributed by atoms with Gasteiger partial charge in [0.05, 0.1) is 30.7 Å². The molecule has 0 radical (unpaired) electrons. The van der Waals surface area contributed by atoms with Crippen LogP contribution in [-0.2, 0) is 21.8 Å². The second-order valence-corrected chi connectivity index (χ2v) is 10.7. The van der Waals surface area contributed by atoms with E-state index < -0.39 is 0 Å². The minimum Gasteiger partial charge on any atom is -0.381 e. The lowest BCUT2D eigenvalue weighted by atomic mass is 10.0. The number of methoxy groups -OCH3 is 1. The number of carbonyl (C=O) groups excluding carboxylic acids is 1. The van der Waals surface area contributed by atoms with E-state index in [1.54, 1.807) is 11.8 Å². The highest BCUT2D eigenvalue weighted by atomic mass is 32.2. The van der Waals surface area contributed by atoms with E-state index in [0.717, 1.165) is 60.7 Å². The molecule has 2 saturated heterocycles. The average molecular weight is 505 g/mol. The predicted molar refractivity (Wildman–Crippen MR) is 141 cm³/mol. The van der Waals surface area contributed by atoms with E-state index in [4.69, 9.17) is 14.6 Å². The van der Waals surface area contributed by atoms with Gasteiger partial charge < -0.3 is 14.4 Å². The summed E-state index contributed by atoms with van der Waals surface area (Å²) in [5.41, 5.74) is 6.05. The second kappa shape index (κ2) is 10.4. The lowest BCUT2D eigenvalue weighted by Crippen LogP contribution is -2.41. The van der Waals surface area contributed by atoms with Gasteiger partial charge in [0.25, 0.3) is 5.91 Å². The number of benzene rings is 2. The number of nitrogens with zero attached hydrogens (tertiary/aromatic N) is 4. The van der Waals surface area contributed by atoms with E-state index in [1.807, 2.05) is 16.7 Å². The molecule has 3 aliphatic rings. The number of morpholine rings is 1. The zero-order valence-electron chi connectivity index (χ0n) is 20.7. The van der Waals surface area contributed by atoms with Gasteiger partial charge in [0.2, 0.25) is 0 Å². The highest BCUT2D eigenvalue weighted by Crippen LogP contribution is 2.43. The van der Waals surface area contributed by atoms with Crippen LogP contribution in [0.5, 0.6) is 0 Å². The molecule has 0 N–H and O–H groups in total. The number of piperidine rings is 1. The van der Waals surface area contributed by atoms with Crippen LogP contribution in [0.25, 0.3) is 16.9 Å². The van der Waals surface area contributed by atoms with E-state index in [-0.39, 0.29) is 5.91 Å². The molecular formula is C28H32N4O3S. The largest absolute Gasteiger partial charge is 0.381 e. The van der Waals surface area contributed by atoms with Crippen molar-refractivity contribution < 1.29 is 14.3 Å². The van der Waals surface area contributed by atoms with Crippen LogP contribution in [0.4, 0.5) is 0 Å². The number of aromatic nitrogens is 2. The highest BCUT2D eigenvalue weighted by Gasteiger charge is 2.32. The Balaban J connectivity index is 1.31. The van der Waals surface area contributed by atoms with Crippen molar-refractivity contribution in [3.63, 3.8) is 0 Å². The van der Waals surface area contributed by atoms with Crippen molar-refractivity contribution >= 4 is 17.7 Å². The Morgan fingerprint density at radius 3 is 2.56 bits per heavy atom. The average Bonchev–Trinajstić information content (AvgIpc) is 3.34. The summed E-state index contributed by atoms with van der Waals surface area (Å²) < 4.78 is 13.0. The van der Waals surface area contributed by atoms with Gasteiger partial charge in [-0.05, 0) is 36.6 Å². The maximum atomic E-state index is 13.5. The fraction of sp³-hybridized carbons (Fsp3) is 0.429. The molecule has 3 aliphatic heterocycles. The molecule has 3 aromatic rings. The van der Waals surface area contributed by atoms with Crippen LogP contribution in [0.3, 0.4) is 0 Å². The van der Waals surface area contributed by atoms with Crippen molar-refractivity contribution in [3.05, 3.63) is 65.4 Å². The number of hydrogen-bond donors (Lipinski definition) is 0. The maximum Gasteiger partial charge on any atom is 0.274 e. The first-order chi connectivity index (χ1) is 17.7. The topological polar surface area (TPSA) is 59.8 Å². The minimum atomic E-state index is 0.00404. The lowest BCUT2D eigenvalue weighted by molar-refractivity contribution is 0.0298. The molecule has 1 aromatic heterocycles. The molecule has 7 nitrogen and oxygen atoms in total. The van der Waals surface area contributed by atoms with Crippen LogP contribution >= 0.6 is 11.8 Å². The van der Waals surface area contributed by atoms with Crippen LogP contribution in [0, 0.1) is 0 Å². The highest BCUT2D eigenvalue weighted by molar-refractivity contribution is 7.98. The van der Waals surface area contributed by atoms with Crippen molar-refractivity contribution in [1.82, 2.24) is 19.6 Å². The molecule has 0 saturated carbocycles. The zero-order valence-corrected chi connectivity index (χ0v) is 21.5. The number of carbonyl (C=O) groups is 1. The summed E-state index contributed by atoms with van der Waals surface area (Å²) in [6.45, 7) is 5.45. The molecule has 0 unspecified atom stereocenters. The number of hydrogen-bond acceptors (Lipinski definition) is 6. The molecule has 0 atom stereocenters. The minimum absolute atomic E-state index is 0.00404. The Hall–Kier alpha value is -2.65. The van der Waals surface area contributed by atoms with Crippen LogP contribution in [-0.4, -0.2) is 78.1 Å². The molecule has 4 heterocycles. The van der Waals surface area contributed by atoms with Crippen LogP contribution in [0.2, 0.25) is 0 Å². The summed E-state index contributed by atoms with van der Waals surface area (Å²) in [6.07, 6.45) is 2.57. The Labute approximate surface area is 216 Å². The summed E-state index contributed by atoms with van der Waals surface area (Å²) in [5, 5.41) is 4.95. The first kappa shape index (κ1) is 23.7. The van der Waals surface area contributed by atoms with Crippen molar-refractivity contribution in [2.24, 2.45) is 0 Å². The zero-order chi connectivity index (χ0) is 24.5. The summed E-state index contributed by atoms with van der Waals surface area (Å²) in [4.78, 5) is 19.1. The van der Waals surface area contributed by atoms with Crippen molar-refractivity contribution in [2.75, 3.05) is 46.5 Å². The van der Waals surface area contributed by atoms with Gasteiger partial charge in [-0.15, -0.1) is 11.8 Å². The fourth-order valence-corrected chi connectivity index (χ4v) is 6.45. The normalized spacial score (nSPS) is 18.6. The van der Waals surface area contributed by atoms with E-state index in [0.29, 0.717) is 38.1 Å². The van der Waals surface area contributed by atoms with Gasteiger partial charge in [0.1, 0.15) is 0 Å². The van der Waals surface area contributed by atoms with Gasteiger partial charge in [-0.2, -0.15) is 5.10 Å². The van der Waals surface area contributed by atoms with Crippen LogP contribution < -0.4 is 0 Å². The van der Waals surface area contributed by atoms with Crippen LogP contribution in [0.1, 0.15) is 34.5 Å². The molecule has 1 amide bonds. The van der Waals surface area contributed by atoms with E-state index in [2.05, 4.69) is 53.4 Å². The molecule has 2 fully saturated rings. The van der Waals surface area contributed by atoms with Gasteiger partial charge in [0, 0.05) is 61.6 Å². The smallest absolute Gasteiger partial charge is 0.274 e. The van der Waals surface area contributed by atoms with Gasteiger partial charge in [-0.3, -0.25) is 9.69 Å². The third-order valence-corrected chi connectivity index (χ3v) is 8.55. The van der Waals surface area contributed by atoms with E-state index in [9.17, 15) is 4.79 Å².